The van der Waals surface area contributed by atoms with Gasteiger partial charge in [0.15, 0.2) is 6.10 Å². The minimum atomic E-state index is -0.950. The van der Waals surface area contributed by atoms with Gasteiger partial charge in [0.05, 0.1) is 19.6 Å². The van der Waals surface area contributed by atoms with Crippen LogP contribution in [0, 0.1) is 0 Å². The lowest BCUT2D eigenvalue weighted by molar-refractivity contribution is -0.155. The van der Waals surface area contributed by atoms with Crippen LogP contribution in [0.15, 0.2) is 54.6 Å². The maximum absolute atomic E-state index is 12.3. The zero-order valence-corrected chi connectivity index (χ0v) is 16.8. The second-order valence-corrected chi connectivity index (χ2v) is 6.57. The smallest absolute Gasteiger partial charge is 0.309 e. The predicted molar refractivity (Wildman–Crippen MR) is 108 cm³/mol. The second-order valence-electron chi connectivity index (χ2n) is 6.57. The van der Waals surface area contributed by atoms with Crippen molar-refractivity contribution >= 4 is 17.8 Å². The molecule has 0 aliphatic heterocycles. The highest BCUT2D eigenvalue weighted by molar-refractivity contribution is 5.83. The van der Waals surface area contributed by atoms with Gasteiger partial charge in [-0.2, -0.15) is 0 Å². The van der Waals surface area contributed by atoms with Gasteiger partial charge in [-0.25, -0.2) is 0 Å². The lowest BCUT2D eigenvalue weighted by atomic mass is 10.0. The third kappa shape index (κ3) is 7.29. The first-order valence-corrected chi connectivity index (χ1v) is 9.31. The molecule has 2 amide bonds. The fourth-order valence-corrected chi connectivity index (χ4v) is 2.72. The molecular weight excluding hydrogens is 372 g/mol. The molecule has 0 aliphatic rings. The van der Waals surface area contributed by atoms with Crippen molar-refractivity contribution in [3.63, 3.8) is 0 Å². The number of carbonyl (C=O) groups excluding carboxylic acids is 3. The summed E-state index contributed by atoms with van der Waals surface area (Å²) >= 11 is 0. The second kappa shape index (κ2) is 10.8. The summed E-state index contributed by atoms with van der Waals surface area (Å²) in [6.07, 6.45) is -1.02. The van der Waals surface area contributed by atoms with E-state index in [4.69, 9.17) is 9.47 Å². The zero-order chi connectivity index (χ0) is 21.2. The molecule has 0 heterocycles. The normalized spacial score (nSPS) is 12.4. The van der Waals surface area contributed by atoms with Crippen LogP contribution in [0.3, 0.4) is 0 Å². The highest BCUT2D eigenvalue weighted by atomic mass is 16.5. The molecule has 0 aliphatic carbocycles. The maximum atomic E-state index is 12.3. The van der Waals surface area contributed by atoms with Crippen LogP contribution < -0.4 is 15.4 Å². The summed E-state index contributed by atoms with van der Waals surface area (Å²) in [5.41, 5.74) is 1.68. The number of esters is 1. The fraction of sp³-hybridized carbons (Fsp3) is 0.318. The van der Waals surface area contributed by atoms with Crippen molar-refractivity contribution in [3.8, 4) is 5.75 Å². The molecule has 0 unspecified atom stereocenters. The summed E-state index contributed by atoms with van der Waals surface area (Å²) in [6, 6.07) is 15.9. The van der Waals surface area contributed by atoms with Crippen molar-refractivity contribution in [2.24, 2.45) is 0 Å². The minimum absolute atomic E-state index is 0.0697. The molecule has 7 nitrogen and oxygen atoms in total. The van der Waals surface area contributed by atoms with Gasteiger partial charge in [0.25, 0.3) is 5.91 Å². The fourth-order valence-electron chi connectivity index (χ4n) is 2.72. The summed E-state index contributed by atoms with van der Waals surface area (Å²) < 4.78 is 10.3. The van der Waals surface area contributed by atoms with E-state index in [0.29, 0.717) is 6.54 Å². The third-order valence-electron chi connectivity index (χ3n) is 4.25. The lowest BCUT2D eigenvalue weighted by Crippen LogP contribution is -2.36. The first-order chi connectivity index (χ1) is 13.9. The number of amides is 2. The van der Waals surface area contributed by atoms with Gasteiger partial charge in [0, 0.05) is 13.5 Å². The first kappa shape index (κ1) is 21.9. The van der Waals surface area contributed by atoms with Gasteiger partial charge in [-0.3, -0.25) is 14.4 Å². The minimum Gasteiger partial charge on any atom is -0.497 e. The zero-order valence-electron chi connectivity index (χ0n) is 16.8. The van der Waals surface area contributed by atoms with Crippen LogP contribution in [0.25, 0.3) is 0 Å². The highest BCUT2D eigenvalue weighted by Crippen LogP contribution is 2.17. The molecule has 0 saturated carbocycles. The summed E-state index contributed by atoms with van der Waals surface area (Å²) in [6.45, 7) is 3.21. The monoisotopic (exact) mass is 398 g/mol. The van der Waals surface area contributed by atoms with Gasteiger partial charge >= 0.3 is 5.97 Å². The molecule has 2 rings (SSSR count). The van der Waals surface area contributed by atoms with E-state index in [1.807, 2.05) is 42.5 Å². The summed E-state index contributed by atoms with van der Waals surface area (Å²) in [4.78, 5) is 36.0. The standard InChI is InChI=1S/C22H26N2O5/c1-15(22(27)23-14-17-9-11-19(28-3)12-10-17)29-21(26)13-20(24-16(2)25)18-7-5-4-6-8-18/h4-12,15,20H,13-14H2,1-3H3,(H,23,27)(H,24,25)/t15-,20-/m1/s1. The summed E-state index contributed by atoms with van der Waals surface area (Å²) in [7, 11) is 1.58. The molecular formula is C22H26N2O5. The van der Waals surface area contributed by atoms with Crippen LogP contribution in [0.4, 0.5) is 0 Å². The first-order valence-electron chi connectivity index (χ1n) is 9.31. The Morgan fingerprint density at radius 1 is 1.00 bits per heavy atom. The van der Waals surface area contributed by atoms with Gasteiger partial charge in [0.1, 0.15) is 5.75 Å². The molecule has 0 aromatic heterocycles. The molecule has 2 atom stereocenters. The molecule has 29 heavy (non-hydrogen) atoms. The number of ether oxygens (including phenoxy) is 2. The van der Waals surface area contributed by atoms with Crippen LogP contribution in [-0.4, -0.2) is 31.0 Å². The molecule has 0 saturated heterocycles. The SMILES string of the molecule is COc1ccc(CNC(=O)[C@@H](C)OC(=O)C[C@@H](NC(C)=O)c2ccccc2)cc1. The van der Waals surface area contributed by atoms with Crippen molar-refractivity contribution in [2.45, 2.75) is 39.0 Å². The molecule has 2 aromatic rings. The van der Waals surface area contributed by atoms with Gasteiger partial charge in [-0.1, -0.05) is 42.5 Å². The molecule has 154 valence electrons. The van der Waals surface area contributed by atoms with Crippen LogP contribution in [0.1, 0.15) is 37.4 Å². The van der Waals surface area contributed by atoms with Crippen molar-refractivity contribution in [1.82, 2.24) is 10.6 Å². The van der Waals surface area contributed by atoms with E-state index in [2.05, 4.69) is 10.6 Å². The average molecular weight is 398 g/mol. The molecule has 7 heteroatoms. The molecule has 0 fully saturated rings. The van der Waals surface area contributed by atoms with E-state index in [-0.39, 0.29) is 12.3 Å². The molecule has 0 radical (unpaired) electrons. The Hall–Kier alpha value is -3.35. The van der Waals surface area contributed by atoms with Crippen molar-refractivity contribution in [2.75, 3.05) is 7.11 Å². The van der Waals surface area contributed by atoms with Gasteiger partial charge in [-0.05, 0) is 30.2 Å². The highest BCUT2D eigenvalue weighted by Gasteiger charge is 2.22. The lowest BCUT2D eigenvalue weighted by Gasteiger charge is -2.19. The van der Waals surface area contributed by atoms with E-state index < -0.39 is 24.0 Å². The number of rotatable bonds is 9. The van der Waals surface area contributed by atoms with Gasteiger partial charge in [-0.15, -0.1) is 0 Å². The number of hydrogen-bond donors (Lipinski definition) is 2. The van der Waals surface area contributed by atoms with Gasteiger partial charge in [0.2, 0.25) is 5.91 Å². The van der Waals surface area contributed by atoms with Crippen LogP contribution in [-0.2, 0) is 25.7 Å². The number of methoxy groups -OCH3 is 1. The maximum Gasteiger partial charge on any atom is 0.309 e. The van der Waals surface area contributed by atoms with Gasteiger partial charge < -0.3 is 20.1 Å². The topological polar surface area (TPSA) is 93.7 Å². The van der Waals surface area contributed by atoms with Crippen LogP contribution in [0.5, 0.6) is 5.75 Å². The Balaban J connectivity index is 1.87. The number of nitrogens with one attached hydrogen (secondary N) is 2. The number of benzene rings is 2. The van der Waals surface area contributed by atoms with E-state index in [1.54, 1.807) is 19.2 Å². The van der Waals surface area contributed by atoms with E-state index in [9.17, 15) is 14.4 Å². The Bertz CT molecular complexity index is 821. The van der Waals surface area contributed by atoms with Crippen LogP contribution in [0.2, 0.25) is 0 Å². The van der Waals surface area contributed by atoms with Crippen molar-refractivity contribution in [3.05, 3.63) is 65.7 Å². The Labute approximate surface area is 170 Å². The van der Waals surface area contributed by atoms with Crippen molar-refractivity contribution < 1.29 is 23.9 Å². The Morgan fingerprint density at radius 3 is 2.24 bits per heavy atom. The third-order valence-corrected chi connectivity index (χ3v) is 4.25. The summed E-state index contributed by atoms with van der Waals surface area (Å²) in [5.74, 6) is -0.490. The average Bonchev–Trinajstić information content (AvgIpc) is 2.72. The molecule has 2 N–H and O–H groups in total. The molecule has 2 aromatic carbocycles. The Morgan fingerprint density at radius 2 is 1.66 bits per heavy atom. The molecule has 0 spiro atoms. The van der Waals surface area contributed by atoms with E-state index in [1.165, 1.54) is 13.8 Å². The largest absolute Gasteiger partial charge is 0.497 e. The number of carbonyl (C=O) groups is 3. The predicted octanol–water partition coefficient (Wildman–Crippen LogP) is 2.51. The number of hydrogen-bond acceptors (Lipinski definition) is 5. The quantitative estimate of drug-likeness (QED) is 0.633. The van der Waals surface area contributed by atoms with E-state index >= 15 is 0 Å². The Kier molecular flexibility index (Phi) is 8.21. The van der Waals surface area contributed by atoms with Crippen LogP contribution >= 0.6 is 0 Å². The van der Waals surface area contributed by atoms with E-state index in [0.717, 1.165) is 16.9 Å². The van der Waals surface area contributed by atoms with Crippen molar-refractivity contribution in [1.29, 1.82) is 0 Å². The summed E-state index contributed by atoms with van der Waals surface area (Å²) in [5, 5.41) is 5.47. The molecule has 0 bridgehead atoms.